The van der Waals surface area contributed by atoms with Gasteiger partial charge in [0.1, 0.15) is 0 Å². The van der Waals surface area contributed by atoms with E-state index in [1.807, 2.05) is 0 Å². The number of aliphatic carboxylic acids is 1. The molecule has 0 aromatic carbocycles. The first-order valence-electron chi connectivity index (χ1n) is 3.66. The van der Waals surface area contributed by atoms with Gasteiger partial charge in [-0.3, -0.25) is 4.79 Å². The molecule has 14 heavy (non-hydrogen) atoms. The van der Waals surface area contributed by atoms with Crippen LogP contribution in [0.15, 0.2) is 17.6 Å². The molecule has 0 bridgehead atoms. The zero-order valence-electron chi connectivity index (χ0n) is 7.12. The van der Waals surface area contributed by atoms with Crippen LogP contribution in [-0.2, 0) is 21.4 Å². The van der Waals surface area contributed by atoms with E-state index >= 15 is 0 Å². The Hall–Kier alpha value is -1.41. The first-order chi connectivity index (χ1) is 6.39. The fourth-order valence-corrected chi connectivity index (χ4v) is 1.31. The SMILES string of the molecule is NS(=O)(=O)c1cn(CCC(=O)O)cn1. The van der Waals surface area contributed by atoms with Gasteiger partial charge < -0.3 is 9.67 Å². The summed E-state index contributed by atoms with van der Waals surface area (Å²) in [6.07, 6.45) is 2.32. The molecule has 1 rings (SSSR count). The van der Waals surface area contributed by atoms with Crippen LogP contribution in [0, 0.1) is 0 Å². The van der Waals surface area contributed by atoms with Crippen molar-refractivity contribution in [3.63, 3.8) is 0 Å². The number of carboxylic acid groups (broad SMARTS) is 1. The number of sulfonamides is 1. The number of hydrogen-bond donors (Lipinski definition) is 2. The molecule has 8 heteroatoms. The predicted octanol–water partition coefficient (Wildman–Crippen LogP) is -0.995. The Labute approximate surface area is 80.2 Å². The van der Waals surface area contributed by atoms with Crippen LogP contribution in [0.3, 0.4) is 0 Å². The van der Waals surface area contributed by atoms with E-state index in [-0.39, 0.29) is 18.0 Å². The van der Waals surface area contributed by atoms with E-state index in [2.05, 4.69) is 4.98 Å². The standard InChI is InChI=1S/C6H9N3O4S/c7-14(12,13)5-3-9(4-8-5)2-1-6(10)11/h3-4H,1-2H2,(H,10,11)(H2,7,12,13). The highest BCUT2D eigenvalue weighted by Gasteiger charge is 2.11. The lowest BCUT2D eigenvalue weighted by atomic mass is 10.4. The number of primary sulfonamides is 1. The summed E-state index contributed by atoms with van der Waals surface area (Å²) in [5.41, 5.74) is 0. The number of rotatable bonds is 4. The molecule has 0 aliphatic carbocycles. The largest absolute Gasteiger partial charge is 0.481 e. The summed E-state index contributed by atoms with van der Waals surface area (Å²) in [4.78, 5) is 13.7. The number of carbonyl (C=O) groups is 1. The summed E-state index contributed by atoms with van der Waals surface area (Å²) >= 11 is 0. The number of aryl methyl sites for hydroxylation is 1. The molecule has 0 aliphatic heterocycles. The van der Waals surface area contributed by atoms with E-state index in [0.29, 0.717) is 0 Å². The Morgan fingerprint density at radius 3 is 2.71 bits per heavy atom. The fourth-order valence-electron chi connectivity index (χ4n) is 0.834. The van der Waals surface area contributed by atoms with E-state index in [0.717, 1.165) is 0 Å². The number of nitrogens with two attached hydrogens (primary N) is 1. The van der Waals surface area contributed by atoms with E-state index in [9.17, 15) is 13.2 Å². The van der Waals surface area contributed by atoms with Crippen molar-refractivity contribution in [3.05, 3.63) is 12.5 Å². The molecular weight excluding hydrogens is 210 g/mol. The van der Waals surface area contributed by atoms with E-state index in [1.165, 1.54) is 17.1 Å². The maximum absolute atomic E-state index is 10.8. The molecule has 0 unspecified atom stereocenters. The highest BCUT2D eigenvalue weighted by Crippen LogP contribution is 2.02. The Kier molecular flexibility index (Phi) is 2.87. The van der Waals surface area contributed by atoms with Crippen molar-refractivity contribution < 1.29 is 18.3 Å². The molecule has 0 spiro atoms. The van der Waals surface area contributed by atoms with Crippen molar-refractivity contribution in [1.29, 1.82) is 0 Å². The Balaban J connectivity index is 2.74. The lowest BCUT2D eigenvalue weighted by Gasteiger charge is -1.96. The molecule has 1 aromatic rings. The molecule has 1 aromatic heterocycles. The molecule has 7 nitrogen and oxygen atoms in total. The first kappa shape index (κ1) is 10.7. The molecule has 0 amide bonds. The topological polar surface area (TPSA) is 115 Å². The molecule has 0 saturated carbocycles. The molecule has 3 N–H and O–H groups in total. The molecule has 78 valence electrons. The van der Waals surface area contributed by atoms with Crippen molar-refractivity contribution in [2.45, 2.75) is 18.0 Å². The van der Waals surface area contributed by atoms with E-state index in [4.69, 9.17) is 10.2 Å². The molecule has 0 aliphatic rings. The minimum absolute atomic E-state index is 0.0968. The van der Waals surface area contributed by atoms with Gasteiger partial charge in [0.2, 0.25) is 0 Å². The third kappa shape index (κ3) is 2.82. The van der Waals surface area contributed by atoms with Crippen molar-refractivity contribution in [3.8, 4) is 0 Å². The summed E-state index contributed by atoms with van der Waals surface area (Å²) in [6, 6.07) is 0. The molecule has 0 radical (unpaired) electrons. The van der Waals surface area contributed by atoms with Gasteiger partial charge in [-0.05, 0) is 0 Å². The quantitative estimate of drug-likeness (QED) is 0.674. The van der Waals surface area contributed by atoms with Gasteiger partial charge >= 0.3 is 5.97 Å². The Morgan fingerprint density at radius 2 is 2.29 bits per heavy atom. The second-order valence-electron chi connectivity index (χ2n) is 2.64. The van der Waals surface area contributed by atoms with Gasteiger partial charge in [-0.15, -0.1) is 0 Å². The average molecular weight is 219 g/mol. The van der Waals surface area contributed by atoms with E-state index in [1.54, 1.807) is 0 Å². The number of imidazole rings is 1. The van der Waals surface area contributed by atoms with E-state index < -0.39 is 16.0 Å². The highest BCUT2D eigenvalue weighted by atomic mass is 32.2. The van der Waals surface area contributed by atoms with Gasteiger partial charge in [-0.1, -0.05) is 0 Å². The maximum Gasteiger partial charge on any atom is 0.305 e. The zero-order chi connectivity index (χ0) is 10.8. The van der Waals surface area contributed by atoms with Gasteiger partial charge in [0, 0.05) is 12.7 Å². The van der Waals surface area contributed by atoms with Crippen LogP contribution in [0.2, 0.25) is 0 Å². The summed E-state index contributed by atoms with van der Waals surface area (Å²) < 4.78 is 22.9. The smallest absolute Gasteiger partial charge is 0.305 e. The lowest BCUT2D eigenvalue weighted by Crippen LogP contribution is -2.12. The lowest BCUT2D eigenvalue weighted by molar-refractivity contribution is -0.137. The number of nitrogens with zero attached hydrogens (tertiary/aromatic N) is 2. The minimum Gasteiger partial charge on any atom is -0.481 e. The normalized spacial score (nSPS) is 11.5. The summed E-state index contributed by atoms with van der Waals surface area (Å²) in [5, 5.41) is 12.9. The van der Waals surface area contributed by atoms with Crippen molar-refractivity contribution >= 4 is 16.0 Å². The van der Waals surface area contributed by atoms with Crippen molar-refractivity contribution in [2.75, 3.05) is 0 Å². The second kappa shape index (κ2) is 3.76. The van der Waals surface area contributed by atoms with Crippen LogP contribution in [0.25, 0.3) is 0 Å². The van der Waals surface area contributed by atoms with Crippen LogP contribution >= 0.6 is 0 Å². The molecule has 1 heterocycles. The van der Waals surface area contributed by atoms with Crippen LogP contribution < -0.4 is 5.14 Å². The first-order valence-corrected chi connectivity index (χ1v) is 5.20. The monoisotopic (exact) mass is 219 g/mol. The van der Waals surface area contributed by atoms with Gasteiger partial charge in [-0.25, -0.2) is 18.5 Å². The number of hydrogen-bond acceptors (Lipinski definition) is 4. The zero-order valence-corrected chi connectivity index (χ0v) is 7.94. The second-order valence-corrected chi connectivity index (χ2v) is 4.15. The van der Waals surface area contributed by atoms with Crippen LogP contribution in [-0.4, -0.2) is 29.0 Å². The van der Waals surface area contributed by atoms with Crippen molar-refractivity contribution in [2.24, 2.45) is 5.14 Å². The number of aromatic nitrogens is 2. The van der Waals surface area contributed by atoms with Crippen LogP contribution in [0.5, 0.6) is 0 Å². The van der Waals surface area contributed by atoms with Crippen LogP contribution in [0.4, 0.5) is 0 Å². The van der Waals surface area contributed by atoms with Crippen molar-refractivity contribution in [1.82, 2.24) is 9.55 Å². The average Bonchev–Trinajstić information content (AvgIpc) is 2.47. The number of carboxylic acids is 1. The highest BCUT2D eigenvalue weighted by molar-refractivity contribution is 7.89. The molecular formula is C6H9N3O4S. The van der Waals surface area contributed by atoms with Crippen LogP contribution in [0.1, 0.15) is 6.42 Å². The Morgan fingerprint density at radius 1 is 1.64 bits per heavy atom. The molecule has 0 fully saturated rings. The third-order valence-corrected chi connectivity index (χ3v) is 2.28. The fraction of sp³-hybridized carbons (Fsp3) is 0.333. The van der Waals surface area contributed by atoms with Gasteiger partial charge in [-0.2, -0.15) is 0 Å². The summed E-state index contributed by atoms with van der Waals surface area (Å²) in [7, 11) is -3.80. The molecule has 0 atom stereocenters. The van der Waals surface area contributed by atoms with Gasteiger partial charge in [0.05, 0.1) is 12.7 Å². The van der Waals surface area contributed by atoms with Gasteiger partial charge in [0.15, 0.2) is 5.03 Å². The van der Waals surface area contributed by atoms with Gasteiger partial charge in [0.25, 0.3) is 10.0 Å². The minimum atomic E-state index is -3.80. The predicted molar refractivity (Wildman–Crippen MR) is 45.9 cm³/mol. The maximum atomic E-state index is 10.8. The Bertz CT molecular complexity index is 436. The summed E-state index contributed by atoms with van der Waals surface area (Å²) in [6.45, 7) is 0.165. The summed E-state index contributed by atoms with van der Waals surface area (Å²) in [5.74, 6) is -0.962. The third-order valence-electron chi connectivity index (χ3n) is 1.48. The molecule has 0 saturated heterocycles.